The van der Waals surface area contributed by atoms with Crippen molar-refractivity contribution in [2.75, 3.05) is 0 Å². The minimum absolute atomic E-state index is 0. The molecule has 2 aromatic carbocycles. The van der Waals surface area contributed by atoms with Gasteiger partial charge in [0.1, 0.15) is 17.6 Å². The monoisotopic (exact) mass is 492 g/mol. The second-order valence-electron chi connectivity index (χ2n) is 7.84. The molecule has 0 spiro atoms. The van der Waals surface area contributed by atoms with E-state index in [-0.39, 0.29) is 19.6 Å². The Morgan fingerprint density at radius 2 is 1.89 bits per heavy atom. The predicted molar refractivity (Wildman–Crippen MR) is 133 cm³/mol. The van der Waals surface area contributed by atoms with E-state index in [4.69, 9.17) is 9.47 Å². The van der Waals surface area contributed by atoms with Gasteiger partial charge in [-0.15, -0.1) is 19.8 Å². The lowest BCUT2D eigenvalue weighted by Crippen LogP contribution is -2.17. The van der Waals surface area contributed by atoms with Crippen LogP contribution in [0.1, 0.15) is 71.2 Å². The van der Waals surface area contributed by atoms with Gasteiger partial charge in [0.25, 0.3) is 0 Å². The van der Waals surface area contributed by atoms with Gasteiger partial charge in [0.2, 0.25) is 0 Å². The zero-order chi connectivity index (χ0) is 26.2. The van der Waals surface area contributed by atoms with Gasteiger partial charge >= 0.3 is 12.3 Å². The molecule has 0 saturated heterocycles. The number of benzene rings is 2. The molecule has 0 saturated carbocycles. The van der Waals surface area contributed by atoms with E-state index in [1.54, 1.807) is 18.4 Å². The van der Waals surface area contributed by atoms with Crippen LogP contribution in [-0.2, 0) is 16.0 Å². The molecule has 192 valence electrons. The van der Waals surface area contributed by atoms with E-state index in [9.17, 15) is 18.0 Å². The van der Waals surface area contributed by atoms with Gasteiger partial charge in [-0.2, -0.15) is 0 Å². The summed E-state index contributed by atoms with van der Waals surface area (Å²) in [7, 11) is 0. The SMILES string of the molecule is C=CCC(=O)OC(CC)c1c(C)cc(-c2ccc(OC(F)(F)F)cc2)c2c1OC=C(CC)C2.CC.[HH]. The molecule has 1 heterocycles. The molecule has 1 unspecified atom stereocenters. The zero-order valence-corrected chi connectivity index (χ0v) is 20.9. The molecule has 2 aromatic rings. The summed E-state index contributed by atoms with van der Waals surface area (Å²) in [5.74, 6) is -0.00923. The lowest BCUT2D eigenvalue weighted by molar-refractivity contribution is -0.274. The number of rotatable bonds is 8. The van der Waals surface area contributed by atoms with Crippen molar-refractivity contribution in [3.8, 4) is 22.6 Å². The number of hydrogen-bond acceptors (Lipinski definition) is 4. The molecular weight excluding hydrogens is 457 g/mol. The van der Waals surface area contributed by atoms with Crippen molar-refractivity contribution in [2.24, 2.45) is 0 Å². The number of fused-ring (bicyclic) bond motifs is 1. The summed E-state index contributed by atoms with van der Waals surface area (Å²) >= 11 is 0. The topological polar surface area (TPSA) is 44.8 Å². The van der Waals surface area contributed by atoms with Gasteiger partial charge in [0.15, 0.2) is 0 Å². The van der Waals surface area contributed by atoms with E-state index in [1.165, 1.54) is 18.2 Å². The molecule has 4 nitrogen and oxygen atoms in total. The Bertz CT molecular complexity index is 1060. The molecule has 1 atom stereocenters. The molecule has 1 aliphatic rings. The maximum Gasteiger partial charge on any atom is 0.573 e. The highest BCUT2D eigenvalue weighted by Crippen LogP contribution is 2.44. The Hall–Kier alpha value is -3.22. The van der Waals surface area contributed by atoms with Crippen molar-refractivity contribution in [1.82, 2.24) is 0 Å². The predicted octanol–water partition coefficient (Wildman–Crippen LogP) is 8.63. The van der Waals surface area contributed by atoms with Crippen LogP contribution in [0.5, 0.6) is 11.5 Å². The fourth-order valence-corrected chi connectivity index (χ4v) is 3.94. The van der Waals surface area contributed by atoms with Crippen LogP contribution < -0.4 is 9.47 Å². The average Bonchev–Trinajstić information content (AvgIpc) is 2.83. The molecular formula is C28H35F3O4. The molecule has 0 aromatic heterocycles. The molecule has 0 aliphatic carbocycles. The number of alkyl halides is 3. The van der Waals surface area contributed by atoms with Gasteiger partial charge in [-0.05, 0) is 54.2 Å². The number of esters is 1. The van der Waals surface area contributed by atoms with Crippen LogP contribution in [-0.4, -0.2) is 12.3 Å². The molecule has 0 bridgehead atoms. The van der Waals surface area contributed by atoms with E-state index in [2.05, 4.69) is 11.3 Å². The summed E-state index contributed by atoms with van der Waals surface area (Å²) in [6.45, 7) is 13.5. The van der Waals surface area contributed by atoms with Gasteiger partial charge in [0.05, 0.1) is 12.7 Å². The highest BCUT2D eigenvalue weighted by atomic mass is 19.4. The minimum atomic E-state index is -4.74. The van der Waals surface area contributed by atoms with Crippen molar-refractivity contribution >= 4 is 5.97 Å². The van der Waals surface area contributed by atoms with Crippen molar-refractivity contribution in [3.63, 3.8) is 0 Å². The van der Waals surface area contributed by atoms with Gasteiger partial charge in [-0.25, -0.2) is 0 Å². The summed E-state index contributed by atoms with van der Waals surface area (Å²) in [4.78, 5) is 12.1. The van der Waals surface area contributed by atoms with E-state index in [0.717, 1.165) is 39.8 Å². The van der Waals surface area contributed by atoms with E-state index in [0.29, 0.717) is 18.6 Å². The highest BCUT2D eigenvalue weighted by molar-refractivity contribution is 5.75. The maximum atomic E-state index is 12.5. The van der Waals surface area contributed by atoms with E-state index >= 15 is 0 Å². The lowest BCUT2D eigenvalue weighted by Gasteiger charge is -2.28. The third-order valence-electron chi connectivity index (χ3n) is 5.51. The number of ether oxygens (including phenoxy) is 3. The third-order valence-corrected chi connectivity index (χ3v) is 5.51. The number of carbonyl (C=O) groups excluding carboxylic acids is 1. The van der Waals surface area contributed by atoms with Crippen LogP contribution in [0.3, 0.4) is 0 Å². The first-order valence-electron chi connectivity index (χ1n) is 11.8. The van der Waals surface area contributed by atoms with Gasteiger partial charge in [0, 0.05) is 19.0 Å². The third kappa shape index (κ3) is 7.13. The fraction of sp³-hybridized carbons (Fsp3) is 0.393. The quantitative estimate of drug-likeness (QED) is 0.273. The smallest absolute Gasteiger partial charge is 0.464 e. The number of carbonyl (C=O) groups is 1. The first-order chi connectivity index (χ1) is 16.7. The average molecular weight is 493 g/mol. The van der Waals surface area contributed by atoms with Gasteiger partial charge < -0.3 is 14.2 Å². The first kappa shape index (κ1) is 28.0. The van der Waals surface area contributed by atoms with Crippen LogP contribution >= 0.6 is 0 Å². The van der Waals surface area contributed by atoms with Crippen LogP contribution in [0.2, 0.25) is 0 Å². The van der Waals surface area contributed by atoms with Gasteiger partial charge in [-0.3, -0.25) is 4.79 Å². The van der Waals surface area contributed by atoms with Crippen molar-refractivity contribution in [2.45, 2.75) is 72.8 Å². The summed E-state index contributed by atoms with van der Waals surface area (Å²) in [5, 5.41) is 0. The first-order valence-corrected chi connectivity index (χ1v) is 11.8. The molecule has 1 aliphatic heterocycles. The summed E-state index contributed by atoms with van der Waals surface area (Å²) in [5.41, 5.74) is 5.28. The number of allylic oxidation sites excluding steroid dienone is 1. The molecule has 0 radical (unpaired) electrons. The number of halogens is 3. The van der Waals surface area contributed by atoms with E-state index < -0.39 is 12.5 Å². The molecule has 0 N–H and O–H groups in total. The second kappa shape index (κ2) is 12.5. The molecule has 35 heavy (non-hydrogen) atoms. The minimum Gasteiger partial charge on any atom is -0.464 e. The lowest BCUT2D eigenvalue weighted by atomic mass is 9.86. The van der Waals surface area contributed by atoms with Crippen molar-refractivity contribution < 1.29 is 33.6 Å². The summed E-state index contributed by atoms with van der Waals surface area (Å²) in [6.07, 6.45) is 0.103. The standard InChI is InChI=1S/C26H27F3O4.C2H6.H2/c1-5-8-23(30)32-22(7-3)24-16(4)13-20(21-14-17(6-2)15-31-25(21)24)18-9-11-19(12-10-18)33-26(27,28)29;1-2;/h5,9-13,15,22H,1,6-8,14H2,2-4H3;1-2H3;1H. The normalized spacial score (nSPS) is 13.3. The largest absolute Gasteiger partial charge is 0.573 e. The van der Waals surface area contributed by atoms with Crippen LogP contribution in [0.25, 0.3) is 11.1 Å². The molecule has 0 fully saturated rings. The second-order valence-corrected chi connectivity index (χ2v) is 7.84. The molecule has 7 heteroatoms. The molecule has 0 amide bonds. The highest BCUT2D eigenvalue weighted by Gasteiger charge is 2.31. The zero-order valence-electron chi connectivity index (χ0n) is 20.9. The number of aryl methyl sites for hydroxylation is 1. The van der Waals surface area contributed by atoms with Crippen LogP contribution in [0.15, 0.2) is 54.8 Å². The van der Waals surface area contributed by atoms with Crippen molar-refractivity contribution in [3.05, 3.63) is 71.5 Å². The van der Waals surface area contributed by atoms with Crippen molar-refractivity contribution in [1.29, 1.82) is 0 Å². The van der Waals surface area contributed by atoms with Crippen LogP contribution in [0, 0.1) is 6.92 Å². The Labute approximate surface area is 206 Å². The molecule has 3 rings (SSSR count). The number of hydrogen-bond donors (Lipinski definition) is 0. The maximum absolute atomic E-state index is 12.5. The van der Waals surface area contributed by atoms with Gasteiger partial charge in [-0.1, -0.05) is 52.0 Å². The summed E-state index contributed by atoms with van der Waals surface area (Å²) < 4.78 is 53.4. The Balaban J connectivity index is 0.00000211. The van der Waals surface area contributed by atoms with Crippen LogP contribution in [0.4, 0.5) is 13.2 Å². The fourth-order valence-electron chi connectivity index (χ4n) is 3.94. The Morgan fingerprint density at radius 1 is 1.23 bits per heavy atom. The Morgan fingerprint density at radius 3 is 2.43 bits per heavy atom. The Kier molecular flexibility index (Phi) is 9.99. The summed E-state index contributed by atoms with van der Waals surface area (Å²) in [6, 6.07) is 7.76. The van der Waals surface area contributed by atoms with E-state index in [1.807, 2.05) is 40.7 Å².